The van der Waals surface area contributed by atoms with Gasteiger partial charge in [-0.3, -0.25) is 4.79 Å². The zero-order chi connectivity index (χ0) is 16.7. The normalized spacial score (nSPS) is 18.3. The average molecular weight is 329 g/mol. The van der Waals surface area contributed by atoms with Gasteiger partial charge in [0.2, 0.25) is 0 Å². The second-order valence-electron chi connectivity index (χ2n) is 6.45. The molecule has 0 amide bonds. The van der Waals surface area contributed by atoms with Crippen LogP contribution in [0.5, 0.6) is 0 Å². The monoisotopic (exact) mass is 329 g/mol. The van der Waals surface area contributed by atoms with Crippen molar-refractivity contribution in [2.75, 3.05) is 11.4 Å². The number of para-hydroxylation sites is 1. The summed E-state index contributed by atoms with van der Waals surface area (Å²) in [5.41, 5.74) is 2.42. The Labute approximate surface area is 136 Å². The van der Waals surface area contributed by atoms with Crippen LogP contribution in [0.25, 0.3) is 0 Å². The van der Waals surface area contributed by atoms with Gasteiger partial charge in [-0.25, -0.2) is 8.42 Å². The summed E-state index contributed by atoms with van der Waals surface area (Å²) < 4.78 is 24.6. The van der Waals surface area contributed by atoms with Crippen molar-refractivity contribution in [3.05, 3.63) is 59.7 Å². The SMILES string of the molecule is CC1(C)CN(Cc2ccc(C=O)cc2)c2ccccc2S1(=O)=O. The summed E-state index contributed by atoms with van der Waals surface area (Å²) in [7, 11) is -3.34. The highest BCUT2D eigenvalue weighted by atomic mass is 32.2. The van der Waals surface area contributed by atoms with E-state index in [-0.39, 0.29) is 0 Å². The second-order valence-corrected chi connectivity index (χ2v) is 9.00. The van der Waals surface area contributed by atoms with Crippen molar-refractivity contribution in [3.63, 3.8) is 0 Å². The molecule has 0 radical (unpaired) electrons. The van der Waals surface area contributed by atoms with Gasteiger partial charge in [0.25, 0.3) is 0 Å². The van der Waals surface area contributed by atoms with Gasteiger partial charge in [0.05, 0.1) is 15.3 Å². The van der Waals surface area contributed by atoms with Crippen molar-refractivity contribution >= 4 is 21.8 Å². The van der Waals surface area contributed by atoms with E-state index in [4.69, 9.17) is 0 Å². The molecule has 0 atom stereocenters. The van der Waals surface area contributed by atoms with Crippen molar-refractivity contribution in [2.24, 2.45) is 0 Å². The molecule has 1 heterocycles. The number of sulfone groups is 1. The second kappa shape index (κ2) is 5.49. The molecule has 0 N–H and O–H groups in total. The maximum atomic E-state index is 12.7. The van der Waals surface area contributed by atoms with Crippen LogP contribution in [0.1, 0.15) is 29.8 Å². The molecule has 5 heteroatoms. The van der Waals surface area contributed by atoms with E-state index >= 15 is 0 Å². The Hall–Kier alpha value is -2.14. The molecule has 120 valence electrons. The molecule has 23 heavy (non-hydrogen) atoms. The topological polar surface area (TPSA) is 54.5 Å². The summed E-state index contributed by atoms with van der Waals surface area (Å²) in [5, 5.41) is 0. The van der Waals surface area contributed by atoms with Gasteiger partial charge >= 0.3 is 0 Å². The highest BCUT2D eigenvalue weighted by molar-refractivity contribution is 7.93. The Kier molecular flexibility index (Phi) is 3.76. The number of hydrogen-bond donors (Lipinski definition) is 0. The van der Waals surface area contributed by atoms with Crippen LogP contribution < -0.4 is 4.90 Å². The van der Waals surface area contributed by atoms with E-state index in [0.717, 1.165) is 17.5 Å². The summed E-state index contributed by atoms with van der Waals surface area (Å²) >= 11 is 0. The lowest BCUT2D eigenvalue weighted by molar-refractivity contribution is 0.112. The van der Waals surface area contributed by atoms with Gasteiger partial charge in [0.1, 0.15) is 6.29 Å². The molecule has 2 aromatic rings. The zero-order valence-corrected chi connectivity index (χ0v) is 14.0. The van der Waals surface area contributed by atoms with Crippen LogP contribution >= 0.6 is 0 Å². The van der Waals surface area contributed by atoms with Gasteiger partial charge in [0.15, 0.2) is 9.84 Å². The quantitative estimate of drug-likeness (QED) is 0.812. The van der Waals surface area contributed by atoms with E-state index < -0.39 is 14.6 Å². The number of anilines is 1. The largest absolute Gasteiger partial charge is 0.365 e. The van der Waals surface area contributed by atoms with E-state index in [9.17, 15) is 13.2 Å². The number of hydrogen-bond acceptors (Lipinski definition) is 4. The minimum absolute atomic E-state index is 0.390. The number of fused-ring (bicyclic) bond motifs is 1. The van der Waals surface area contributed by atoms with Gasteiger partial charge in [-0.2, -0.15) is 0 Å². The first-order chi connectivity index (χ1) is 10.8. The van der Waals surface area contributed by atoms with Gasteiger partial charge in [-0.15, -0.1) is 0 Å². The third-order valence-corrected chi connectivity index (χ3v) is 6.79. The zero-order valence-electron chi connectivity index (χ0n) is 13.2. The van der Waals surface area contributed by atoms with Gasteiger partial charge in [-0.05, 0) is 31.5 Å². The fraction of sp³-hybridized carbons (Fsp3) is 0.278. The molecule has 0 unspecified atom stereocenters. The highest BCUT2D eigenvalue weighted by Gasteiger charge is 2.43. The fourth-order valence-electron chi connectivity index (χ4n) is 2.94. The van der Waals surface area contributed by atoms with Crippen LogP contribution in [-0.4, -0.2) is 26.0 Å². The van der Waals surface area contributed by atoms with E-state index in [2.05, 4.69) is 4.90 Å². The van der Waals surface area contributed by atoms with Crippen molar-refractivity contribution in [1.82, 2.24) is 0 Å². The van der Waals surface area contributed by atoms with Gasteiger partial charge < -0.3 is 4.90 Å². The average Bonchev–Trinajstić information content (AvgIpc) is 2.53. The Morgan fingerprint density at radius 1 is 1.09 bits per heavy atom. The van der Waals surface area contributed by atoms with Crippen molar-refractivity contribution in [1.29, 1.82) is 0 Å². The van der Waals surface area contributed by atoms with Crippen LogP contribution in [0.4, 0.5) is 5.69 Å². The first-order valence-electron chi connectivity index (χ1n) is 7.48. The lowest BCUT2D eigenvalue weighted by atomic mass is 10.1. The summed E-state index contributed by atoms with van der Waals surface area (Å²) in [4.78, 5) is 13.2. The summed E-state index contributed by atoms with van der Waals surface area (Å²) in [6.07, 6.45) is 0.815. The molecular formula is C18H19NO3S. The van der Waals surface area contributed by atoms with Crippen LogP contribution in [0, 0.1) is 0 Å². The lowest BCUT2D eigenvalue weighted by Gasteiger charge is -2.40. The minimum Gasteiger partial charge on any atom is -0.365 e. The molecule has 0 bridgehead atoms. The molecule has 4 nitrogen and oxygen atoms in total. The molecule has 1 aliphatic heterocycles. The Morgan fingerprint density at radius 3 is 2.39 bits per heavy atom. The summed E-state index contributed by atoms with van der Waals surface area (Å²) in [6.45, 7) is 4.57. The van der Waals surface area contributed by atoms with Crippen molar-refractivity contribution < 1.29 is 13.2 Å². The number of nitrogens with zero attached hydrogens (tertiary/aromatic N) is 1. The van der Waals surface area contributed by atoms with Crippen molar-refractivity contribution in [2.45, 2.75) is 30.0 Å². The van der Waals surface area contributed by atoms with E-state index in [1.165, 1.54) is 0 Å². The third kappa shape index (κ3) is 2.65. The summed E-state index contributed by atoms with van der Waals surface area (Å²) in [5.74, 6) is 0. The van der Waals surface area contributed by atoms with Crippen LogP contribution in [0.3, 0.4) is 0 Å². The molecule has 0 saturated carbocycles. The predicted molar refractivity (Wildman–Crippen MR) is 90.6 cm³/mol. The molecule has 0 aliphatic carbocycles. The molecule has 2 aromatic carbocycles. The first kappa shape index (κ1) is 15.7. The van der Waals surface area contributed by atoms with Gasteiger partial charge in [0, 0.05) is 18.7 Å². The number of rotatable bonds is 3. The predicted octanol–water partition coefficient (Wildman–Crippen LogP) is 3.07. The van der Waals surface area contributed by atoms with E-state index in [1.54, 1.807) is 38.1 Å². The molecule has 0 aromatic heterocycles. The van der Waals surface area contributed by atoms with Gasteiger partial charge in [-0.1, -0.05) is 36.4 Å². The maximum Gasteiger partial charge on any atom is 0.187 e. The standard InChI is InChI=1S/C18H19NO3S/c1-18(2)13-19(11-14-7-9-15(12-20)10-8-14)16-5-3-4-6-17(16)23(18,21)22/h3-10,12H,11,13H2,1-2H3. The molecule has 3 rings (SSSR count). The molecule has 0 spiro atoms. The molecular weight excluding hydrogens is 310 g/mol. The molecule has 0 fully saturated rings. The van der Waals surface area contributed by atoms with E-state index in [0.29, 0.717) is 23.5 Å². The minimum atomic E-state index is -3.34. The lowest BCUT2D eigenvalue weighted by Crippen LogP contribution is -2.48. The summed E-state index contributed by atoms with van der Waals surface area (Å²) in [6, 6.07) is 14.5. The smallest absolute Gasteiger partial charge is 0.187 e. The first-order valence-corrected chi connectivity index (χ1v) is 8.96. The number of benzene rings is 2. The van der Waals surface area contributed by atoms with E-state index in [1.807, 2.05) is 24.3 Å². The van der Waals surface area contributed by atoms with Crippen LogP contribution in [-0.2, 0) is 16.4 Å². The number of carbonyl (C=O) groups is 1. The molecule has 1 aliphatic rings. The highest BCUT2D eigenvalue weighted by Crippen LogP contribution is 2.39. The fourth-order valence-corrected chi connectivity index (χ4v) is 4.59. The third-order valence-electron chi connectivity index (χ3n) is 4.28. The maximum absolute atomic E-state index is 12.7. The van der Waals surface area contributed by atoms with Crippen LogP contribution in [0.15, 0.2) is 53.4 Å². The Balaban J connectivity index is 2.01. The Morgan fingerprint density at radius 2 is 1.74 bits per heavy atom. The number of carbonyl (C=O) groups excluding carboxylic acids is 1. The Bertz CT molecular complexity index is 839. The van der Waals surface area contributed by atoms with Crippen molar-refractivity contribution in [3.8, 4) is 0 Å². The number of aldehydes is 1. The van der Waals surface area contributed by atoms with Crippen LogP contribution in [0.2, 0.25) is 0 Å². The molecule has 0 saturated heterocycles.